The minimum Gasteiger partial charge on any atom is -0.173 e. The molecule has 4 heteroatoms. The maximum Gasteiger partial charge on any atom is 0.0691 e. The van der Waals surface area contributed by atoms with Crippen LogP contribution in [0.2, 0.25) is 0 Å². The third kappa shape index (κ3) is 3.66. The van der Waals surface area contributed by atoms with Crippen LogP contribution in [0, 0.1) is 0 Å². The summed E-state index contributed by atoms with van der Waals surface area (Å²) in [4.78, 5) is 2.40. The maximum absolute atomic E-state index is 7.48. The average molecular weight is 89.1 g/mol. The van der Waals surface area contributed by atoms with Crippen LogP contribution in [0.5, 0.6) is 0 Å². The quantitative estimate of drug-likeness (QED) is 0.217. The topological polar surface area (TPSA) is 48.8 Å². The summed E-state index contributed by atoms with van der Waals surface area (Å²) in [5, 5.41) is 3.02. The lowest BCUT2D eigenvalue weighted by atomic mass is 11.5. The van der Waals surface area contributed by atoms with Crippen LogP contribution in [0.4, 0.5) is 0 Å². The Morgan fingerprint density at radius 2 is 2.60 bits per heavy atom. The molecule has 0 radical (unpaired) electrons. The van der Waals surface area contributed by atoms with Gasteiger partial charge in [-0.05, 0) is 5.53 Å². The molecule has 28 valence electrons. The first-order chi connectivity index (χ1) is 2.41. The molecule has 3 nitrogen and oxygen atoms in total. The van der Waals surface area contributed by atoms with E-state index in [4.69, 9.17) is 5.53 Å². The fourth-order valence-electron chi connectivity index (χ4n) is 0.0283. The van der Waals surface area contributed by atoms with E-state index in [0.717, 1.165) is 0 Å². The van der Waals surface area contributed by atoms with Crippen molar-refractivity contribution in [2.75, 3.05) is 5.88 Å². The fraction of sp³-hybridized carbons (Fsp3) is 1.00. The Morgan fingerprint density at radius 1 is 2.00 bits per heavy atom. The zero-order valence-corrected chi connectivity index (χ0v) is 3.39. The standard InChI is InChI=1S/CH3N3S/c2-4-3-1-5/h5H,1H2. The van der Waals surface area contributed by atoms with Crippen LogP contribution in [0.25, 0.3) is 10.4 Å². The highest BCUT2D eigenvalue weighted by atomic mass is 32.1. The molecule has 0 aromatic carbocycles. The molecule has 0 amide bonds. The summed E-state index contributed by atoms with van der Waals surface area (Å²) in [7, 11) is 0. The molecule has 0 saturated heterocycles. The van der Waals surface area contributed by atoms with Crippen LogP contribution in [0.15, 0.2) is 5.11 Å². The van der Waals surface area contributed by atoms with Crippen molar-refractivity contribution >= 4 is 12.6 Å². The van der Waals surface area contributed by atoms with Gasteiger partial charge in [-0.3, -0.25) is 0 Å². The molecular formula is CH3N3S. The molecule has 0 saturated carbocycles. The average Bonchev–Trinajstić information content (AvgIpc) is 1.41. The monoisotopic (exact) mass is 89.0 g/mol. The Bertz CT molecular complexity index is 53.9. The van der Waals surface area contributed by atoms with Gasteiger partial charge in [0.05, 0.1) is 5.88 Å². The minimum atomic E-state index is 0.247. The van der Waals surface area contributed by atoms with Gasteiger partial charge in [0.25, 0.3) is 0 Å². The van der Waals surface area contributed by atoms with E-state index in [1.54, 1.807) is 0 Å². The van der Waals surface area contributed by atoms with Gasteiger partial charge in [0.1, 0.15) is 0 Å². The summed E-state index contributed by atoms with van der Waals surface area (Å²) in [5.74, 6) is 0.247. The van der Waals surface area contributed by atoms with Gasteiger partial charge in [-0.1, -0.05) is 5.11 Å². The van der Waals surface area contributed by atoms with E-state index >= 15 is 0 Å². The van der Waals surface area contributed by atoms with E-state index < -0.39 is 0 Å². The normalized spacial score (nSPS) is 5.80. The van der Waals surface area contributed by atoms with Crippen LogP contribution in [-0.4, -0.2) is 5.88 Å². The minimum absolute atomic E-state index is 0.247. The van der Waals surface area contributed by atoms with Crippen molar-refractivity contribution in [1.82, 2.24) is 0 Å². The summed E-state index contributed by atoms with van der Waals surface area (Å²) >= 11 is 3.58. The van der Waals surface area contributed by atoms with E-state index in [9.17, 15) is 0 Å². The predicted octanol–water partition coefficient (Wildman–Crippen LogP) is 1.18. The highest BCUT2D eigenvalue weighted by Crippen LogP contribution is 1.70. The molecule has 0 bridgehead atoms. The molecular weight excluding hydrogens is 86.1 g/mol. The van der Waals surface area contributed by atoms with Gasteiger partial charge in [-0.15, -0.1) is 0 Å². The Labute approximate surface area is 35.0 Å². The Kier molecular flexibility index (Phi) is 3.41. The molecule has 0 rings (SSSR count). The first kappa shape index (κ1) is 4.66. The van der Waals surface area contributed by atoms with Crippen molar-refractivity contribution in [2.45, 2.75) is 0 Å². The van der Waals surface area contributed by atoms with E-state index in [0.29, 0.717) is 0 Å². The van der Waals surface area contributed by atoms with Crippen molar-refractivity contribution in [3.8, 4) is 0 Å². The van der Waals surface area contributed by atoms with Crippen LogP contribution >= 0.6 is 12.6 Å². The van der Waals surface area contributed by atoms with Gasteiger partial charge in [0.15, 0.2) is 0 Å². The van der Waals surface area contributed by atoms with Crippen molar-refractivity contribution in [3.63, 3.8) is 0 Å². The maximum atomic E-state index is 7.48. The Morgan fingerprint density at radius 3 is 2.60 bits per heavy atom. The van der Waals surface area contributed by atoms with E-state index in [1.165, 1.54) is 0 Å². The summed E-state index contributed by atoms with van der Waals surface area (Å²) in [6.07, 6.45) is 0. The number of azide groups is 1. The molecule has 0 aromatic heterocycles. The number of thiol groups is 1. The Hall–Kier alpha value is -0.340. The molecule has 0 N–H and O–H groups in total. The molecule has 5 heavy (non-hydrogen) atoms. The fourth-order valence-corrected chi connectivity index (χ4v) is 0.0849. The predicted molar refractivity (Wildman–Crippen MR) is 23.0 cm³/mol. The highest BCUT2D eigenvalue weighted by Gasteiger charge is 1.52. The molecule has 0 atom stereocenters. The van der Waals surface area contributed by atoms with Gasteiger partial charge in [0.2, 0.25) is 0 Å². The molecule has 0 unspecified atom stereocenters. The molecule has 0 aliphatic rings. The lowest BCUT2D eigenvalue weighted by Crippen LogP contribution is -1.45. The lowest BCUT2D eigenvalue weighted by molar-refractivity contribution is 1.34. The summed E-state index contributed by atoms with van der Waals surface area (Å²) in [5.41, 5.74) is 7.48. The first-order valence-corrected chi connectivity index (χ1v) is 1.66. The van der Waals surface area contributed by atoms with Crippen molar-refractivity contribution < 1.29 is 0 Å². The second-order valence-corrected chi connectivity index (χ2v) is 0.655. The van der Waals surface area contributed by atoms with Gasteiger partial charge < -0.3 is 0 Å². The number of hydrogen-bond acceptors (Lipinski definition) is 2. The molecule has 0 aliphatic heterocycles. The summed E-state index contributed by atoms with van der Waals surface area (Å²) in [6, 6.07) is 0. The van der Waals surface area contributed by atoms with Crippen LogP contribution in [0.1, 0.15) is 0 Å². The number of hydrogen-bond donors (Lipinski definition) is 1. The Balaban J connectivity index is 2.93. The van der Waals surface area contributed by atoms with Crippen LogP contribution < -0.4 is 0 Å². The third-order valence-corrected chi connectivity index (χ3v) is 0.253. The smallest absolute Gasteiger partial charge is 0.0691 e. The second-order valence-electron chi connectivity index (χ2n) is 0.372. The second kappa shape index (κ2) is 3.66. The van der Waals surface area contributed by atoms with Crippen LogP contribution in [0.3, 0.4) is 0 Å². The number of nitrogens with zero attached hydrogens (tertiary/aromatic N) is 3. The van der Waals surface area contributed by atoms with Gasteiger partial charge in [-0.2, -0.15) is 12.6 Å². The zero-order chi connectivity index (χ0) is 4.12. The van der Waals surface area contributed by atoms with E-state index in [-0.39, 0.29) is 5.88 Å². The zero-order valence-electron chi connectivity index (χ0n) is 2.50. The third-order valence-electron chi connectivity index (χ3n) is 0.126. The molecule has 0 fully saturated rings. The van der Waals surface area contributed by atoms with Crippen molar-refractivity contribution in [2.24, 2.45) is 5.11 Å². The lowest BCUT2D eigenvalue weighted by Gasteiger charge is -1.57. The molecule has 0 spiro atoms. The van der Waals surface area contributed by atoms with Gasteiger partial charge >= 0.3 is 0 Å². The van der Waals surface area contributed by atoms with Gasteiger partial charge in [0, 0.05) is 4.91 Å². The van der Waals surface area contributed by atoms with E-state index in [1.807, 2.05) is 0 Å². The van der Waals surface area contributed by atoms with Crippen molar-refractivity contribution in [1.29, 1.82) is 0 Å². The van der Waals surface area contributed by atoms with Gasteiger partial charge in [-0.25, -0.2) is 0 Å². The van der Waals surface area contributed by atoms with Crippen molar-refractivity contribution in [3.05, 3.63) is 10.4 Å². The van der Waals surface area contributed by atoms with Crippen LogP contribution in [-0.2, 0) is 0 Å². The molecule has 0 heterocycles. The SMILES string of the molecule is [N-]=[N+]=NCS. The largest absolute Gasteiger partial charge is 0.173 e. The first-order valence-electron chi connectivity index (χ1n) is 1.03. The highest BCUT2D eigenvalue weighted by molar-refractivity contribution is 7.80. The summed E-state index contributed by atoms with van der Waals surface area (Å²) < 4.78 is 0. The number of rotatable bonds is 1. The van der Waals surface area contributed by atoms with E-state index in [2.05, 4.69) is 22.7 Å². The summed E-state index contributed by atoms with van der Waals surface area (Å²) in [6.45, 7) is 0. The molecule has 0 aromatic rings. The molecule has 0 aliphatic carbocycles.